The van der Waals surface area contributed by atoms with Crippen LogP contribution in [0.2, 0.25) is 5.02 Å². The number of esters is 1. The van der Waals surface area contributed by atoms with Crippen molar-refractivity contribution in [1.29, 1.82) is 0 Å². The smallest absolute Gasteiger partial charge is 0.337 e. The molecule has 0 fully saturated rings. The van der Waals surface area contributed by atoms with E-state index < -0.39 is 18.0 Å². The molecule has 7 heteroatoms. The minimum atomic E-state index is -0.740. The highest BCUT2D eigenvalue weighted by molar-refractivity contribution is 6.30. The molecule has 0 aliphatic carbocycles. The lowest BCUT2D eigenvalue weighted by molar-refractivity contribution is -0.136. The molecule has 1 aliphatic heterocycles. The van der Waals surface area contributed by atoms with Crippen molar-refractivity contribution in [2.24, 2.45) is 0 Å². The van der Waals surface area contributed by atoms with Gasteiger partial charge in [-0.25, -0.2) is 9.59 Å². The molecule has 1 heterocycles. The fourth-order valence-electron chi connectivity index (χ4n) is 2.92. The number of ether oxygens (including phenoxy) is 2. The molecule has 0 unspecified atom stereocenters. The van der Waals surface area contributed by atoms with Crippen LogP contribution in [0.5, 0.6) is 5.75 Å². The van der Waals surface area contributed by atoms with Crippen molar-refractivity contribution in [3.05, 3.63) is 76.0 Å². The van der Waals surface area contributed by atoms with Gasteiger partial charge < -0.3 is 20.1 Å². The van der Waals surface area contributed by atoms with Crippen LogP contribution in [0.3, 0.4) is 0 Å². The Balaban J connectivity index is 1.98. The summed E-state index contributed by atoms with van der Waals surface area (Å²) in [6, 6.07) is 13.6. The van der Waals surface area contributed by atoms with E-state index in [4.69, 9.17) is 21.1 Å². The Bertz CT molecular complexity index is 896. The molecule has 2 aromatic carbocycles. The maximum atomic E-state index is 12.3. The number of carbonyl (C=O) groups excluding carboxylic acids is 2. The van der Waals surface area contributed by atoms with Crippen LogP contribution in [0.4, 0.5) is 4.79 Å². The second-order valence-electron chi connectivity index (χ2n) is 6.02. The van der Waals surface area contributed by atoms with E-state index in [9.17, 15) is 9.59 Å². The minimum absolute atomic E-state index is 0.295. The Morgan fingerprint density at radius 2 is 1.93 bits per heavy atom. The average Bonchev–Trinajstić information content (AvgIpc) is 2.66. The van der Waals surface area contributed by atoms with Crippen LogP contribution in [0.15, 0.2) is 59.8 Å². The molecule has 0 saturated carbocycles. The maximum Gasteiger partial charge on any atom is 0.337 e. The molecule has 0 bridgehead atoms. The van der Waals surface area contributed by atoms with Crippen LogP contribution in [0, 0.1) is 0 Å². The summed E-state index contributed by atoms with van der Waals surface area (Å²) in [5, 5.41) is 5.80. The molecule has 0 saturated heterocycles. The molecule has 2 N–H and O–H groups in total. The summed E-state index contributed by atoms with van der Waals surface area (Å²) in [6.45, 7) is 1.98. The van der Waals surface area contributed by atoms with Gasteiger partial charge in [-0.05, 0) is 30.7 Å². The van der Waals surface area contributed by atoms with E-state index in [1.54, 1.807) is 25.1 Å². The van der Waals surface area contributed by atoms with Gasteiger partial charge in [-0.3, -0.25) is 0 Å². The number of benzene rings is 2. The number of halogens is 1. The highest BCUT2D eigenvalue weighted by Crippen LogP contribution is 2.35. The zero-order chi connectivity index (χ0) is 19.4. The second-order valence-corrected chi connectivity index (χ2v) is 6.45. The summed E-state index contributed by atoms with van der Waals surface area (Å²) in [5.41, 5.74) is 2.29. The molecule has 140 valence electrons. The van der Waals surface area contributed by atoms with Crippen LogP contribution < -0.4 is 15.4 Å². The van der Waals surface area contributed by atoms with E-state index in [-0.39, 0.29) is 0 Å². The number of carbonyl (C=O) groups is 2. The summed E-state index contributed by atoms with van der Waals surface area (Å²) in [7, 11) is 1.29. The molecule has 6 nitrogen and oxygen atoms in total. The van der Waals surface area contributed by atoms with Gasteiger partial charge >= 0.3 is 12.0 Å². The minimum Gasteiger partial charge on any atom is -0.489 e. The van der Waals surface area contributed by atoms with Gasteiger partial charge in [0.05, 0.1) is 18.7 Å². The van der Waals surface area contributed by atoms with Gasteiger partial charge in [0.2, 0.25) is 0 Å². The third kappa shape index (κ3) is 4.23. The molecule has 0 aromatic heterocycles. The zero-order valence-electron chi connectivity index (χ0n) is 14.9. The lowest BCUT2D eigenvalue weighted by Crippen LogP contribution is -2.45. The first-order valence-corrected chi connectivity index (χ1v) is 8.70. The van der Waals surface area contributed by atoms with Crippen molar-refractivity contribution in [2.75, 3.05) is 7.11 Å². The van der Waals surface area contributed by atoms with E-state index in [0.29, 0.717) is 34.2 Å². The monoisotopic (exact) mass is 386 g/mol. The number of urea groups is 1. The predicted molar refractivity (Wildman–Crippen MR) is 101 cm³/mol. The molecule has 27 heavy (non-hydrogen) atoms. The summed E-state index contributed by atoms with van der Waals surface area (Å²) in [4.78, 5) is 24.3. The molecular weight excluding hydrogens is 368 g/mol. The highest BCUT2D eigenvalue weighted by Gasteiger charge is 2.33. The topological polar surface area (TPSA) is 76.7 Å². The van der Waals surface area contributed by atoms with Crippen molar-refractivity contribution < 1.29 is 19.1 Å². The average molecular weight is 387 g/mol. The number of rotatable bonds is 5. The predicted octanol–water partition coefficient (Wildman–Crippen LogP) is 3.72. The van der Waals surface area contributed by atoms with Crippen molar-refractivity contribution >= 4 is 23.6 Å². The Labute approximate surface area is 162 Å². The van der Waals surface area contributed by atoms with Crippen LogP contribution in [0.1, 0.15) is 24.1 Å². The van der Waals surface area contributed by atoms with Gasteiger partial charge in [0.25, 0.3) is 0 Å². The van der Waals surface area contributed by atoms with E-state index in [2.05, 4.69) is 10.6 Å². The van der Waals surface area contributed by atoms with Crippen LogP contribution in [-0.4, -0.2) is 19.1 Å². The maximum absolute atomic E-state index is 12.3. The molecule has 0 spiro atoms. The van der Waals surface area contributed by atoms with Gasteiger partial charge in [-0.1, -0.05) is 41.9 Å². The zero-order valence-corrected chi connectivity index (χ0v) is 15.7. The molecule has 2 amide bonds. The van der Waals surface area contributed by atoms with E-state index in [1.165, 1.54) is 7.11 Å². The summed E-state index contributed by atoms with van der Waals surface area (Å²) in [5.74, 6) is -0.0244. The molecular formula is C20H19ClN2O4. The van der Waals surface area contributed by atoms with Crippen LogP contribution >= 0.6 is 11.6 Å². The lowest BCUT2D eigenvalue weighted by Gasteiger charge is -2.29. The second kappa shape index (κ2) is 8.14. The molecule has 0 radical (unpaired) electrons. The molecule has 1 atom stereocenters. The van der Waals surface area contributed by atoms with Crippen LogP contribution in [0.25, 0.3) is 0 Å². The third-order valence-electron chi connectivity index (χ3n) is 4.19. The van der Waals surface area contributed by atoms with Gasteiger partial charge in [-0.15, -0.1) is 0 Å². The number of amides is 2. The number of hydrogen-bond acceptors (Lipinski definition) is 4. The number of hydrogen-bond donors (Lipinski definition) is 2. The highest BCUT2D eigenvalue weighted by atomic mass is 35.5. The summed E-state index contributed by atoms with van der Waals surface area (Å²) >= 11 is 6.17. The summed E-state index contributed by atoms with van der Waals surface area (Å²) < 4.78 is 10.8. The molecule has 3 rings (SSSR count). The molecule has 1 aliphatic rings. The van der Waals surface area contributed by atoms with E-state index in [0.717, 1.165) is 5.56 Å². The number of methoxy groups -OCH3 is 1. The van der Waals surface area contributed by atoms with E-state index >= 15 is 0 Å². The fraction of sp³-hybridized carbons (Fsp3) is 0.200. The Morgan fingerprint density at radius 1 is 1.19 bits per heavy atom. The van der Waals surface area contributed by atoms with Crippen LogP contribution in [-0.2, 0) is 16.1 Å². The first kappa shape index (κ1) is 18.8. The Morgan fingerprint density at radius 3 is 2.63 bits per heavy atom. The van der Waals surface area contributed by atoms with Gasteiger partial charge in [-0.2, -0.15) is 0 Å². The Hall–Kier alpha value is -2.99. The standard InChI is InChI=1S/C20H19ClN2O4/c1-12-17(19(24)26-2)18(23-20(25)22-12)15-10-14(21)8-9-16(15)27-11-13-6-4-3-5-7-13/h3-10,18H,11H2,1-2H3,(H2,22,23,25)/t18-/m0/s1. The fourth-order valence-corrected chi connectivity index (χ4v) is 3.10. The number of allylic oxidation sites excluding steroid dienone is 1. The van der Waals surface area contributed by atoms with Crippen molar-refractivity contribution in [3.63, 3.8) is 0 Å². The Kier molecular flexibility index (Phi) is 5.66. The normalized spacial score (nSPS) is 16.4. The van der Waals surface area contributed by atoms with E-state index in [1.807, 2.05) is 30.3 Å². The van der Waals surface area contributed by atoms with Gasteiger partial charge in [0.1, 0.15) is 12.4 Å². The molecule has 2 aromatic rings. The SMILES string of the molecule is COC(=O)C1=C(C)NC(=O)N[C@H]1c1cc(Cl)ccc1OCc1ccccc1. The lowest BCUT2D eigenvalue weighted by atomic mass is 9.95. The first-order valence-electron chi connectivity index (χ1n) is 8.32. The van der Waals surface area contributed by atoms with Gasteiger partial charge in [0, 0.05) is 16.3 Å². The van der Waals surface area contributed by atoms with Crippen molar-refractivity contribution in [3.8, 4) is 5.75 Å². The van der Waals surface area contributed by atoms with Crippen molar-refractivity contribution in [1.82, 2.24) is 10.6 Å². The quantitative estimate of drug-likeness (QED) is 0.768. The van der Waals surface area contributed by atoms with Gasteiger partial charge in [0.15, 0.2) is 0 Å². The first-order chi connectivity index (χ1) is 13.0. The van der Waals surface area contributed by atoms with Crippen molar-refractivity contribution in [2.45, 2.75) is 19.6 Å². The largest absolute Gasteiger partial charge is 0.489 e. The summed E-state index contributed by atoms with van der Waals surface area (Å²) in [6.07, 6.45) is 0. The third-order valence-corrected chi connectivity index (χ3v) is 4.43. The number of nitrogens with one attached hydrogen (secondary N) is 2.